The summed E-state index contributed by atoms with van der Waals surface area (Å²) in [7, 11) is 0. The van der Waals surface area contributed by atoms with E-state index in [4.69, 9.17) is 4.74 Å². The molecule has 9 atom stereocenters. The molecular weight excluding hydrogens is 392 g/mol. The van der Waals surface area contributed by atoms with Crippen LogP contribution in [0.2, 0.25) is 0 Å². The molecule has 0 aromatic rings. The van der Waals surface area contributed by atoms with Crippen molar-refractivity contribution in [1.29, 1.82) is 0 Å². The van der Waals surface area contributed by atoms with Crippen LogP contribution in [0.5, 0.6) is 0 Å². The number of nitrogens with one attached hydrogen (secondary N) is 2. The minimum absolute atomic E-state index is 0.134. The van der Waals surface area contributed by atoms with Crippen molar-refractivity contribution in [1.82, 2.24) is 10.6 Å². The van der Waals surface area contributed by atoms with E-state index in [1.165, 1.54) is 18.4 Å². The molecule has 2 aliphatic heterocycles. The molecule has 0 radical (unpaired) electrons. The van der Waals surface area contributed by atoms with Gasteiger partial charge in [-0.2, -0.15) is 0 Å². The highest BCUT2D eigenvalue weighted by molar-refractivity contribution is 8.00. The molecule has 5 rings (SSSR count). The lowest BCUT2D eigenvalue weighted by molar-refractivity contribution is 0.0774. The van der Waals surface area contributed by atoms with E-state index in [-0.39, 0.29) is 30.4 Å². The maximum absolute atomic E-state index is 10.7. The summed E-state index contributed by atoms with van der Waals surface area (Å²) < 4.78 is 6.43. The van der Waals surface area contributed by atoms with Crippen molar-refractivity contribution in [2.45, 2.75) is 87.1 Å². The topological polar surface area (TPSA) is 53.5 Å². The van der Waals surface area contributed by atoms with Crippen LogP contribution in [0.4, 0.5) is 0 Å². The summed E-state index contributed by atoms with van der Waals surface area (Å²) in [4.78, 5) is 0. The molecule has 30 heavy (non-hydrogen) atoms. The maximum Gasteiger partial charge on any atom is 0.0836 e. The van der Waals surface area contributed by atoms with E-state index in [1.807, 2.05) is 17.8 Å². The highest BCUT2D eigenvalue weighted by Gasteiger charge is 2.48. The Morgan fingerprint density at radius 1 is 1.03 bits per heavy atom. The number of rotatable bonds is 4. The van der Waals surface area contributed by atoms with Crippen molar-refractivity contribution in [3.63, 3.8) is 0 Å². The van der Waals surface area contributed by atoms with Gasteiger partial charge in [0.2, 0.25) is 0 Å². The van der Waals surface area contributed by atoms with Gasteiger partial charge in [-0.25, -0.2) is 0 Å². The first-order valence-corrected chi connectivity index (χ1v) is 12.8. The number of aliphatic hydroxyl groups is 1. The highest BCUT2D eigenvalue weighted by atomic mass is 32.2. The van der Waals surface area contributed by atoms with E-state index in [9.17, 15) is 5.11 Å². The third kappa shape index (κ3) is 4.12. The van der Waals surface area contributed by atoms with E-state index in [1.54, 1.807) is 0 Å². The molecule has 5 aliphatic rings. The highest BCUT2D eigenvalue weighted by Crippen LogP contribution is 2.46. The number of ether oxygens (including phenoxy) is 1. The zero-order valence-corrected chi connectivity index (χ0v) is 18.9. The predicted octanol–water partition coefficient (Wildman–Crippen LogP) is 3.90. The Kier molecular flexibility index (Phi) is 6.27. The van der Waals surface area contributed by atoms with Crippen molar-refractivity contribution in [2.75, 3.05) is 0 Å². The number of thioether (sulfide) groups is 1. The standard InChI is InChI=1S/C25H36N2O2S/c1-15(2)30-23-14-19(26-25(27-23)17-8-3-5-11-20(17)28)16-10-7-13-22-24(16)18-9-4-6-12-21(18)29-22/h5-7,10-13,15,17-28H,3-4,8-9,14H2,1-2H3. The van der Waals surface area contributed by atoms with Crippen LogP contribution >= 0.6 is 11.8 Å². The molecule has 2 heterocycles. The molecule has 0 bridgehead atoms. The third-order valence-electron chi connectivity index (χ3n) is 7.42. The third-order valence-corrected chi connectivity index (χ3v) is 8.62. The summed E-state index contributed by atoms with van der Waals surface area (Å²) in [5.41, 5.74) is 1.52. The molecule has 0 aromatic carbocycles. The van der Waals surface area contributed by atoms with E-state index in [0.717, 1.165) is 19.3 Å². The molecule has 0 saturated carbocycles. The van der Waals surface area contributed by atoms with Gasteiger partial charge in [-0.3, -0.25) is 10.6 Å². The number of aliphatic hydroxyl groups excluding tert-OH is 1. The molecule has 3 N–H and O–H groups in total. The average Bonchev–Trinajstić information content (AvgIpc) is 3.12. The lowest BCUT2D eigenvalue weighted by atomic mass is 9.72. The van der Waals surface area contributed by atoms with Crippen LogP contribution in [-0.4, -0.2) is 46.2 Å². The van der Waals surface area contributed by atoms with Crippen molar-refractivity contribution in [3.05, 3.63) is 48.1 Å². The van der Waals surface area contributed by atoms with Crippen molar-refractivity contribution < 1.29 is 9.84 Å². The predicted molar refractivity (Wildman–Crippen MR) is 124 cm³/mol. The van der Waals surface area contributed by atoms with Gasteiger partial charge in [0.1, 0.15) is 0 Å². The monoisotopic (exact) mass is 428 g/mol. The Morgan fingerprint density at radius 2 is 1.83 bits per heavy atom. The Labute approximate surface area is 185 Å². The number of allylic oxidation sites excluding steroid dienone is 4. The Bertz CT molecular complexity index is 745. The van der Waals surface area contributed by atoms with Gasteiger partial charge in [-0.15, -0.1) is 11.8 Å². The van der Waals surface area contributed by atoms with Crippen LogP contribution in [0.15, 0.2) is 48.1 Å². The first-order valence-electron chi connectivity index (χ1n) is 11.8. The second kappa shape index (κ2) is 8.95. The van der Waals surface area contributed by atoms with Crippen LogP contribution in [0, 0.1) is 17.8 Å². The fourth-order valence-corrected chi connectivity index (χ4v) is 7.31. The minimum atomic E-state index is -0.372. The summed E-state index contributed by atoms with van der Waals surface area (Å²) in [5, 5.41) is 19.4. The zero-order valence-electron chi connectivity index (χ0n) is 18.1. The number of fused-ring (bicyclic) bond motifs is 3. The van der Waals surface area contributed by atoms with Gasteiger partial charge >= 0.3 is 0 Å². The Balaban J connectivity index is 1.40. The normalized spacial score (nSPS) is 45.3. The van der Waals surface area contributed by atoms with E-state index in [2.05, 4.69) is 60.9 Å². The first-order chi connectivity index (χ1) is 14.6. The smallest absolute Gasteiger partial charge is 0.0836 e. The van der Waals surface area contributed by atoms with E-state index in [0.29, 0.717) is 28.5 Å². The van der Waals surface area contributed by atoms with Gasteiger partial charge in [0, 0.05) is 23.1 Å². The molecule has 164 valence electrons. The molecule has 0 amide bonds. The molecule has 0 aromatic heterocycles. The SMILES string of the molecule is CC(C)SC1CC(C2=CC=CC3OC4C=CCCC4C23)NC(C2CCC=CC2O)N1. The Hall–Kier alpha value is -0.850. The largest absolute Gasteiger partial charge is 0.389 e. The van der Waals surface area contributed by atoms with Crippen LogP contribution in [-0.2, 0) is 4.74 Å². The average molecular weight is 429 g/mol. The van der Waals surface area contributed by atoms with Crippen LogP contribution in [0.3, 0.4) is 0 Å². The van der Waals surface area contributed by atoms with E-state index >= 15 is 0 Å². The molecule has 0 spiro atoms. The molecule has 9 unspecified atom stereocenters. The summed E-state index contributed by atoms with van der Waals surface area (Å²) in [6.07, 6.45) is 21.3. The zero-order chi connectivity index (χ0) is 20.7. The van der Waals surface area contributed by atoms with Crippen LogP contribution < -0.4 is 10.6 Å². The van der Waals surface area contributed by atoms with Gasteiger partial charge in [0.15, 0.2) is 0 Å². The van der Waals surface area contributed by atoms with Gasteiger partial charge in [-0.1, -0.05) is 56.4 Å². The van der Waals surface area contributed by atoms with Crippen LogP contribution in [0.25, 0.3) is 0 Å². The van der Waals surface area contributed by atoms with Crippen molar-refractivity contribution in [3.8, 4) is 0 Å². The second-order valence-electron chi connectivity index (χ2n) is 9.74. The molecule has 3 aliphatic carbocycles. The fourth-order valence-electron chi connectivity index (χ4n) is 6.12. The first kappa shape index (κ1) is 21.0. The number of hydrogen-bond donors (Lipinski definition) is 3. The summed E-state index contributed by atoms with van der Waals surface area (Å²) >= 11 is 2.02. The summed E-state index contributed by atoms with van der Waals surface area (Å²) in [5.74, 6) is 1.28. The van der Waals surface area contributed by atoms with Gasteiger partial charge in [0.05, 0.1) is 29.9 Å². The summed E-state index contributed by atoms with van der Waals surface area (Å²) in [6, 6.07) is 0.330. The molecular formula is C25H36N2O2S. The van der Waals surface area contributed by atoms with Crippen molar-refractivity contribution in [2.24, 2.45) is 17.8 Å². The van der Waals surface area contributed by atoms with Gasteiger partial charge in [-0.05, 0) is 43.6 Å². The molecule has 5 heteroatoms. The quantitative estimate of drug-likeness (QED) is 0.593. The second-order valence-corrected chi connectivity index (χ2v) is 11.5. The minimum Gasteiger partial charge on any atom is -0.389 e. The van der Waals surface area contributed by atoms with Crippen molar-refractivity contribution >= 4 is 11.8 Å². The summed E-state index contributed by atoms with van der Waals surface area (Å²) in [6.45, 7) is 4.55. The molecule has 2 fully saturated rings. The molecule has 2 saturated heterocycles. The van der Waals surface area contributed by atoms with Gasteiger partial charge < -0.3 is 9.84 Å². The number of hydrogen-bond acceptors (Lipinski definition) is 5. The molecule has 4 nitrogen and oxygen atoms in total. The fraction of sp³-hybridized carbons (Fsp3) is 0.680. The van der Waals surface area contributed by atoms with Gasteiger partial charge in [0.25, 0.3) is 0 Å². The lowest BCUT2D eigenvalue weighted by Crippen LogP contribution is -2.63. The Morgan fingerprint density at radius 3 is 2.63 bits per heavy atom. The maximum atomic E-state index is 10.7. The van der Waals surface area contributed by atoms with E-state index < -0.39 is 0 Å². The lowest BCUT2D eigenvalue weighted by Gasteiger charge is -2.45. The van der Waals surface area contributed by atoms with Crippen LogP contribution in [0.1, 0.15) is 46.0 Å².